The van der Waals surface area contributed by atoms with Crippen molar-refractivity contribution in [2.75, 3.05) is 13.1 Å². The van der Waals surface area contributed by atoms with Gasteiger partial charge in [-0.25, -0.2) is 13.6 Å². The summed E-state index contributed by atoms with van der Waals surface area (Å²) >= 11 is 5.71. The smallest absolute Gasteiger partial charge is 0.410 e. The van der Waals surface area contributed by atoms with Crippen molar-refractivity contribution in [1.82, 2.24) is 4.90 Å². The van der Waals surface area contributed by atoms with E-state index in [-0.39, 0.29) is 32.4 Å². The number of hydrogen-bond acceptors (Lipinski definition) is 2. The number of carbonyl (C=O) groups is 1. The van der Waals surface area contributed by atoms with Gasteiger partial charge in [0.25, 0.3) is 0 Å². The molecule has 1 amide bonds. The number of alkyl halides is 1. The van der Waals surface area contributed by atoms with Crippen molar-refractivity contribution >= 4 is 17.7 Å². The molecule has 1 fully saturated rings. The van der Waals surface area contributed by atoms with E-state index in [9.17, 15) is 13.6 Å². The molecule has 1 saturated heterocycles. The molecule has 1 aliphatic heterocycles. The zero-order chi connectivity index (χ0) is 17.3. The number of piperidine rings is 1. The number of benzene rings is 1. The fourth-order valence-electron chi connectivity index (χ4n) is 2.60. The molecule has 23 heavy (non-hydrogen) atoms. The molecule has 0 aliphatic carbocycles. The second kappa shape index (κ2) is 6.63. The van der Waals surface area contributed by atoms with Crippen LogP contribution in [-0.4, -0.2) is 35.4 Å². The number of ether oxygens (including phenoxy) is 1. The van der Waals surface area contributed by atoms with Crippen LogP contribution in [0, 0.1) is 5.82 Å². The van der Waals surface area contributed by atoms with E-state index in [1.54, 1.807) is 26.8 Å². The molecule has 0 unspecified atom stereocenters. The Hall–Kier alpha value is -1.36. The zero-order valence-electron chi connectivity index (χ0n) is 13.7. The van der Waals surface area contributed by atoms with Crippen LogP contribution in [0.5, 0.6) is 0 Å². The highest BCUT2D eigenvalue weighted by Crippen LogP contribution is 2.32. The molecule has 0 radical (unpaired) electrons. The van der Waals surface area contributed by atoms with Crippen LogP contribution in [0.15, 0.2) is 18.2 Å². The summed E-state index contributed by atoms with van der Waals surface area (Å²) in [5.41, 5.74) is -1.79. The lowest BCUT2D eigenvalue weighted by Crippen LogP contribution is -2.47. The van der Waals surface area contributed by atoms with Gasteiger partial charge in [0.15, 0.2) is 0 Å². The Morgan fingerprint density at radius 3 is 2.48 bits per heavy atom. The van der Waals surface area contributed by atoms with E-state index >= 15 is 0 Å². The van der Waals surface area contributed by atoms with E-state index in [0.29, 0.717) is 10.6 Å². The van der Waals surface area contributed by atoms with Gasteiger partial charge in [0, 0.05) is 24.5 Å². The standard InChI is InChI=1S/C17H22ClF2NO2/c1-16(2,3)23-15(22)21-8-6-17(20,7-9-21)11-12-4-5-13(18)10-14(12)19/h4-5,10H,6-9,11H2,1-3H3. The molecule has 0 spiro atoms. The zero-order valence-corrected chi connectivity index (χ0v) is 14.4. The molecule has 3 nitrogen and oxygen atoms in total. The fourth-order valence-corrected chi connectivity index (χ4v) is 2.76. The van der Waals surface area contributed by atoms with Crippen LogP contribution in [0.3, 0.4) is 0 Å². The van der Waals surface area contributed by atoms with Crippen molar-refractivity contribution in [3.63, 3.8) is 0 Å². The molecule has 2 rings (SSSR count). The first-order valence-electron chi connectivity index (χ1n) is 7.69. The minimum absolute atomic E-state index is 0.0157. The van der Waals surface area contributed by atoms with Crippen molar-refractivity contribution in [2.24, 2.45) is 0 Å². The third-order valence-electron chi connectivity index (χ3n) is 3.83. The second-order valence-electron chi connectivity index (χ2n) is 7.03. The first kappa shape index (κ1) is 18.0. The Labute approximate surface area is 140 Å². The lowest BCUT2D eigenvalue weighted by molar-refractivity contribution is 0.00323. The number of rotatable bonds is 2. The predicted molar refractivity (Wildman–Crippen MR) is 86.0 cm³/mol. The monoisotopic (exact) mass is 345 g/mol. The van der Waals surface area contributed by atoms with Gasteiger partial charge < -0.3 is 9.64 Å². The summed E-state index contributed by atoms with van der Waals surface area (Å²) < 4.78 is 34.1. The summed E-state index contributed by atoms with van der Waals surface area (Å²) in [5.74, 6) is -0.496. The third kappa shape index (κ3) is 5.06. The predicted octanol–water partition coefficient (Wildman–Crippen LogP) is 4.76. The molecule has 0 saturated carbocycles. The number of likely N-dealkylation sites (tertiary alicyclic amines) is 1. The van der Waals surface area contributed by atoms with Crippen LogP contribution in [0.1, 0.15) is 39.2 Å². The molecular weight excluding hydrogens is 324 g/mol. The van der Waals surface area contributed by atoms with Crippen LogP contribution in [-0.2, 0) is 11.2 Å². The molecular formula is C17H22ClF2NO2. The number of amides is 1. The lowest BCUT2D eigenvalue weighted by atomic mass is 9.87. The molecule has 6 heteroatoms. The van der Waals surface area contributed by atoms with Crippen molar-refractivity contribution in [3.8, 4) is 0 Å². The fraction of sp³-hybridized carbons (Fsp3) is 0.588. The molecule has 0 atom stereocenters. The molecule has 0 N–H and O–H groups in total. The van der Waals surface area contributed by atoms with Gasteiger partial charge in [-0.05, 0) is 51.3 Å². The molecule has 1 aromatic carbocycles. The summed E-state index contributed by atoms with van der Waals surface area (Å²) in [5, 5.41) is 0.291. The highest BCUT2D eigenvalue weighted by Gasteiger charge is 2.37. The number of nitrogens with zero attached hydrogens (tertiary/aromatic N) is 1. The maximum absolute atomic E-state index is 14.9. The van der Waals surface area contributed by atoms with E-state index in [2.05, 4.69) is 0 Å². The Balaban J connectivity index is 1.95. The van der Waals surface area contributed by atoms with Gasteiger partial charge in [-0.2, -0.15) is 0 Å². The summed E-state index contributed by atoms with van der Waals surface area (Å²) in [6, 6.07) is 4.26. The molecule has 1 heterocycles. The van der Waals surface area contributed by atoms with Gasteiger partial charge in [-0.15, -0.1) is 0 Å². The summed E-state index contributed by atoms with van der Waals surface area (Å²) in [4.78, 5) is 13.5. The highest BCUT2D eigenvalue weighted by atomic mass is 35.5. The third-order valence-corrected chi connectivity index (χ3v) is 4.07. The second-order valence-corrected chi connectivity index (χ2v) is 7.47. The van der Waals surface area contributed by atoms with Crippen molar-refractivity contribution in [1.29, 1.82) is 0 Å². The average Bonchev–Trinajstić information content (AvgIpc) is 2.41. The number of carbonyl (C=O) groups excluding carboxylic acids is 1. The summed E-state index contributed by atoms with van der Waals surface area (Å²) in [7, 11) is 0. The molecule has 0 bridgehead atoms. The normalized spacial score (nSPS) is 17.9. The summed E-state index contributed by atoms with van der Waals surface area (Å²) in [6.45, 7) is 5.90. The largest absolute Gasteiger partial charge is 0.444 e. The van der Waals surface area contributed by atoms with E-state index < -0.39 is 23.2 Å². The minimum Gasteiger partial charge on any atom is -0.444 e. The Morgan fingerprint density at radius 2 is 1.96 bits per heavy atom. The van der Waals surface area contributed by atoms with Gasteiger partial charge in [0.1, 0.15) is 17.1 Å². The van der Waals surface area contributed by atoms with E-state index in [4.69, 9.17) is 16.3 Å². The Morgan fingerprint density at radius 1 is 1.35 bits per heavy atom. The highest BCUT2D eigenvalue weighted by molar-refractivity contribution is 6.30. The SMILES string of the molecule is CC(C)(C)OC(=O)N1CCC(F)(Cc2ccc(Cl)cc2F)CC1. The summed E-state index contributed by atoms with van der Waals surface area (Å²) in [6.07, 6.45) is -0.127. The van der Waals surface area contributed by atoms with Crippen molar-refractivity contribution in [3.05, 3.63) is 34.6 Å². The lowest BCUT2D eigenvalue weighted by Gasteiger charge is -2.37. The van der Waals surface area contributed by atoms with E-state index in [1.165, 1.54) is 17.0 Å². The van der Waals surface area contributed by atoms with Crippen LogP contribution < -0.4 is 0 Å². The Bertz CT molecular complexity index is 578. The van der Waals surface area contributed by atoms with E-state index in [1.807, 2.05) is 0 Å². The molecule has 128 valence electrons. The van der Waals surface area contributed by atoms with Gasteiger partial charge in [-0.3, -0.25) is 0 Å². The maximum Gasteiger partial charge on any atom is 0.410 e. The quantitative estimate of drug-likeness (QED) is 0.773. The first-order valence-corrected chi connectivity index (χ1v) is 8.07. The van der Waals surface area contributed by atoms with Crippen molar-refractivity contribution in [2.45, 2.75) is 51.3 Å². The topological polar surface area (TPSA) is 29.5 Å². The van der Waals surface area contributed by atoms with Gasteiger partial charge in [0.05, 0.1) is 0 Å². The van der Waals surface area contributed by atoms with Gasteiger partial charge in [0.2, 0.25) is 0 Å². The van der Waals surface area contributed by atoms with Crippen LogP contribution >= 0.6 is 11.6 Å². The van der Waals surface area contributed by atoms with Crippen molar-refractivity contribution < 1.29 is 18.3 Å². The van der Waals surface area contributed by atoms with Gasteiger partial charge in [-0.1, -0.05) is 17.7 Å². The maximum atomic E-state index is 14.9. The van der Waals surface area contributed by atoms with Crippen LogP contribution in [0.2, 0.25) is 5.02 Å². The molecule has 0 aromatic heterocycles. The van der Waals surface area contributed by atoms with E-state index in [0.717, 1.165) is 0 Å². The Kier molecular flexibility index (Phi) is 5.19. The first-order chi connectivity index (χ1) is 10.6. The van der Waals surface area contributed by atoms with Crippen LogP contribution in [0.25, 0.3) is 0 Å². The average molecular weight is 346 g/mol. The minimum atomic E-state index is -1.52. The van der Waals surface area contributed by atoms with Crippen LogP contribution in [0.4, 0.5) is 13.6 Å². The number of hydrogen-bond donors (Lipinski definition) is 0. The molecule has 1 aliphatic rings. The molecule has 1 aromatic rings. The van der Waals surface area contributed by atoms with Gasteiger partial charge >= 0.3 is 6.09 Å². The number of halogens is 3.